The van der Waals surface area contributed by atoms with Gasteiger partial charge in [0, 0.05) is 24.5 Å². The first-order valence-corrected chi connectivity index (χ1v) is 11.5. The normalized spacial score (nSPS) is 19.9. The summed E-state index contributed by atoms with van der Waals surface area (Å²) in [5, 5.41) is 0. The number of para-hydroxylation sites is 1. The Hall–Kier alpha value is -4.04. The van der Waals surface area contributed by atoms with Gasteiger partial charge < -0.3 is 20.1 Å². The Morgan fingerprint density at radius 3 is 2.69 bits per heavy atom. The number of ether oxygens (including phenoxy) is 2. The van der Waals surface area contributed by atoms with Crippen molar-refractivity contribution in [3.05, 3.63) is 89.7 Å². The number of nitrogens with two attached hydrogens (primary N) is 1. The van der Waals surface area contributed by atoms with Gasteiger partial charge in [0.25, 0.3) is 0 Å². The van der Waals surface area contributed by atoms with Crippen LogP contribution in [0.5, 0.6) is 11.5 Å². The van der Waals surface area contributed by atoms with Crippen LogP contribution in [0.1, 0.15) is 33.8 Å². The van der Waals surface area contributed by atoms with E-state index >= 15 is 0 Å². The molecule has 0 saturated carbocycles. The predicted molar refractivity (Wildman–Crippen MR) is 127 cm³/mol. The maximum atomic E-state index is 14.0. The SMILES string of the molecule is NC(=O)c1ccc(Oc2ccccc2)cc1C(Cc1cccnc1)C(=O)N1CCC2OCC(=O)C21. The number of carbonyl (C=O) groups is 3. The molecule has 35 heavy (non-hydrogen) atoms. The highest BCUT2D eigenvalue weighted by molar-refractivity contribution is 5.99. The summed E-state index contributed by atoms with van der Waals surface area (Å²) in [4.78, 5) is 44.6. The minimum atomic E-state index is -0.770. The van der Waals surface area contributed by atoms with Crippen molar-refractivity contribution < 1.29 is 23.9 Å². The summed E-state index contributed by atoms with van der Waals surface area (Å²) >= 11 is 0. The molecule has 2 aliphatic rings. The standard InChI is InChI=1S/C27H25N3O5/c28-26(32)20-9-8-19(35-18-6-2-1-3-7-18)14-21(20)22(13-17-5-4-11-29-15-17)27(33)30-12-10-24-25(30)23(31)16-34-24/h1-9,11,14-15,22,24-25H,10,12-13,16H2,(H2,28,32). The third-order valence-electron chi connectivity index (χ3n) is 6.50. The van der Waals surface area contributed by atoms with Gasteiger partial charge in [-0.2, -0.15) is 0 Å². The van der Waals surface area contributed by atoms with E-state index in [1.165, 1.54) is 0 Å². The number of Topliss-reactive ketones (excluding diaryl/α,β-unsaturated/α-hetero) is 1. The molecule has 2 saturated heterocycles. The van der Waals surface area contributed by atoms with E-state index < -0.39 is 17.9 Å². The van der Waals surface area contributed by atoms with Crippen LogP contribution in [-0.4, -0.2) is 52.8 Å². The Labute approximate surface area is 202 Å². The van der Waals surface area contributed by atoms with Crippen LogP contribution >= 0.6 is 0 Å². The van der Waals surface area contributed by atoms with Crippen LogP contribution in [0.15, 0.2) is 73.1 Å². The number of hydrogen-bond donors (Lipinski definition) is 1. The Balaban J connectivity index is 1.55. The van der Waals surface area contributed by atoms with E-state index in [-0.39, 0.29) is 36.4 Å². The summed E-state index contributed by atoms with van der Waals surface area (Å²) in [5.41, 5.74) is 7.23. The molecule has 178 valence electrons. The first-order valence-electron chi connectivity index (χ1n) is 11.5. The second kappa shape index (κ2) is 9.68. The summed E-state index contributed by atoms with van der Waals surface area (Å²) in [6, 6.07) is 17.2. The van der Waals surface area contributed by atoms with Crippen LogP contribution in [0.4, 0.5) is 0 Å². The van der Waals surface area contributed by atoms with Crippen LogP contribution in [-0.2, 0) is 20.7 Å². The van der Waals surface area contributed by atoms with Gasteiger partial charge in [-0.15, -0.1) is 0 Å². The summed E-state index contributed by atoms with van der Waals surface area (Å²) in [6.07, 6.45) is 3.94. The zero-order valence-electron chi connectivity index (χ0n) is 19.0. The van der Waals surface area contributed by atoms with Crippen molar-refractivity contribution in [1.82, 2.24) is 9.88 Å². The Kier molecular flexibility index (Phi) is 6.29. The highest BCUT2D eigenvalue weighted by atomic mass is 16.5. The molecule has 0 radical (unpaired) electrons. The molecule has 1 aromatic heterocycles. The van der Waals surface area contributed by atoms with Gasteiger partial charge in [-0.1, -0.05) is 24.3 Å². The zero-order valence-corrected chi connectivity index (χ0v) is 19.0. The molecule has 0 aliphatic carbocycles. The first kappa shape index (κ1) is 22.7. The summed E-state index contributed by atoms with van der Waals surface area (Å²) in [6.45, 7) is 0.425. The smallest absolute Gasteiger partial charge is 0.249 e. The van der Waals surface area contributed by atoms with E-state index in [1.807, 2.05) is 36.4 Å². The van der Waals surface area contributed by atoms with E-state index in [9.17, 15) is 14.4 Å². The lowest BCUT2D eigenvalue weighted by molar-refractivity contribution is -0.137. The van der Waals surface area contributed by atoms with Crippen molar-refractivity contribution in [3.63, 3.8) is 0 Å². The lowest BCUT2D eigenvalue weighted by Gasteiger charge is -2.28. The molecule has 2 aromatic carbocycles. The van der Waals surface area contributed by atoms with Gasteiger partial charge in [0.2, 0.25) is 11.8 Å². The second-order valence-corrected chi connectivity index (χ2v) is 8.73. The van der Waals surface area contributed by atoms with Gasteiger partial charge >= 0.3 is 0 Å². The Morgan fingerprint density at radius 1 is 1.11 bits per heavy atom. The van der Waals surface area contributed by atoms with Crippen molar-refractivity contribution in [1.29, 1.82) is 0 Å². The Morgan fingerprint density at radius 2 is 1.94 bits per heavy atom. The maximum absolute atomic E-state index is 14.0. The third kappa shape index (κ3) is 4.65. The number of rotatable bonds is 7. The number of hydrogen-bond acceptors (Lipinski definition) is 6. The van der Waals surface area contributed by atoms with Crippen LogP contribution < -0.4 is 10.5 Å². The van der Waals surface area contributed by atoms with Crippen LogP contribution in [0.25, 0.3) is 0 Å². The number of aromatic nitrogens is 1. The molecule has 3 heterocycles. The van der Waals surface area contributed by atoms with Crippen molar-refractivity contribution in [2.45, 2.75) is 30.9 Å². The largest absolute Gasteiger partial charge is 0.457 e. The minimum absolute atomic E-state index is 0.0132. The lowest BCUT2D eigenvalue weighted by Crippen LogP contribution is -2.44. The van der Waals surface area contributed by atoms with E-state index in [0.29, 0.717) is 30.0 Å². The predicted octanol–water partition coefficient (Wildman–Crippen LogP) is 2.87. The number of nitrogens with zero attached hydrogens (tertiary/aromatic N) is 2. The molecule has 8 nitrogen and oxygen atoms in total. The molecule has 2 amide bonds. The topological polar surface area (TPSA) is 112 Å². The molecular weight excluding hydrogens is 446 g/mol. The van der Waals surface area contributed by atoms with Gasteiger partial charge in [-0.05, 0) is 60.4 Å². The number of ketones is 1. The quantitative estimate of drug-likeness (QED) is 0.567. The van der Waals surface area contributed by atoms with Gasteiger partial charge in [0.15, 0.2) is 5.78 Å². The summed E-state index contributed by atoms with van der Waals surface area (Å²) in [5.74, 6) is -0.670. The van der Waals surface area contributed by atoms with Crippen LogP contribution in [0.3, 0.4) is 0 Å². The average molecular weight is 472 g/mol. The van der Waals surface area contributed by atoms with E-state index in [0.717, 1.165) is 5.56 Å². The molecule has 2 aliphatic heterocycles. The molecule has 5 rings (SSSR count). The summed E-state index contributed by atoms with van der Waals surface area (Å²) < 4.78 is 11.6. The monoisotopic (exact) mass is 471 g/mol. The van der Waals surface area contributed by atoms with E-state index in [4.69, 9.17) is 15.2 Å². The number of primary amides is 1. The number of benzene rings is 2. The molecule has 3 atom stereocenters. The maximum Gasteiger partial charge on any atom is 0.249 e. The molecule has 8 heteroatoms. The highest BCUT2D eigenvalue weighted by Crippen LogP contribution is 2.35. The van der Waals surface area contributed by atoms with Crippen molar-refractivity contribution in [3.8, 4) is 11.5 Å². The second-order valence-electron chi connectivity index (χ2n) is 8.73. The fraction of sp³-hybridized carbons (Fsp3) is 0.259. The summed E-state index contributed by atoms with van der Waals surface area (Å²) in [7, 11) is 0. The van der Waals surface area contributed by atoms with Gasteiger partial charge in [-0.25, -0.2) is 0 Å². The highest BCUT2D eigenvalue weighted by Gasteiger charge is 2.48. The van der Waals surface area contributed by atoms with Crippen molar-refractivity contribution in [2.75, 3.05) is 13.2 Å². The Bertz CT molecular complexity index is 1250. The number of carbonyl (C=O) groups excluding carboxylic acids is 3. The fourth-order valence-corrected chi connectivity index (χ4v) is 4.87. The third-order valence-corrected chi connectivity index (χ3v) is 6.50. The number of pyridine rings is 1. The molecule has 0 bridgehead atoms. The van der Waals surface area contributed by atoms with Crippen molar-refractivity contribution in [2.24, 2.45) is 5.73 Å². The number of amides is 2. The molecule has 2 fully saturated rings. The molecule has 2 N–H and O–H groups in total. The van der Waals surface area contributed by atoms with E-state index in [2.05, 4.69) is 4.98 Å². The number of fused-ring (bicyclic) bond motifs is 1. The average Bonchev–Trinajstić information content (AvgIpc) is 3.46. The van der Waals surface area contributed by atoms with Gasteiger partial charge in [0.05, 0.1) is 12.0 Å². The molecule has 3 aromatic rings. The lowest BCUT2D eigenvalue weighted by atomic mass is 9.87. The van der Waals surface area contributed by atoms with Gasteiger partial charge in [-0.3, -0.25) is 19.4 Å². The molecule has 0 spiro atoms. The number of likely N-dealkylation sites (tertiary alicyclic amines) is 1. The zero-order chi connectivity index (χ0) is 24.4. The fourth-order valence-electron chi connectivity index (χ4n) is 4.87. The molecular formula is C27H25N3O5. The van der Waals surface area contributed by atoms with Gasteiger partial charge in [0.1, 0.15) is 24.1 Å². The molecule has 3 unspecified atom stereocenters. The minimum Gasteiger partial charge on any atom is -0.457 e. The van der Waals surface area contributed by atoms with Crippen LogP contribution in [0.2, 0.25) is 0 Å². The van der Waals surface area contributed by atoms with Crippen LogP contribution in [0, 0.1) is 0 Å². The van der Waals surface area contributed by atoms with Crippen molar-refractivity contribution >= 4 is 17.6 Å². The van der Waals surface area contributed by atoms with E-state index in [1.54, 1.807) is 41.6 Å². The first-order chi connectivity index (χ1) is 17.0.